The molecule has 2 heterocycles. The Morgan fingerprint density at radius 1 is 1.07 bits per heavy atom. The van der Waals surface area contributed by atoms with E-state index in [1.165, 1.54) is 0 Å². The molecule has 0 N–H and O–H groups in total. The molecule has 2 aromatic carbocycles. The molecule has 27 heavy (non-hydrogen) atoms. The lowest BCUT2D eigenvalue weighted by Gasteiger charge is -2.05. The molecule has 0 aliphatic rings. The fourth-order valence-electron chi connectivity index (χ4n) is 2.80. The highest BCUT2D eigenvalue weighted by atomic mass is 16.5. The summed E-state index contributed by atoms with van der Waals surface area (Å²) in [6, 6.07) is 16.0. The third kappa shape index (κ3) is 3.72. The van der Waals surface area contributed by atoms with Gasteiger partial charge in [0.05, 0.1) is 12.8 Å². The number of benzene rings is 2. The van der Waals surface area contributed by atoms with Crippen LogP contribution in [0.15, 0.2) is 66.9 Å². The number of hydrogen-bond donors (Lipinski definition) is 0. The molecule has 0 radical (unpaired) electrons. The van der Waals surface area contributed by atoms with Crippen LogP contribution in [0.2, 0.25) is 0 Å². The first-order chi connectivity index (χ1) is 13.2. The van der Waals surface area contributed by atoms with Crippen molar-refractivity contribution in [2.24, 2.45) is 0 Å². The Balaban J connectivity index is 1.52. The van der Waals surface area contributed by atoms with E-state index < -0.39 is 0 Å². The Morgan fingerprint density at radius 3 is 2.70 bits per heavy atom. The van der Waals surface area contributed by atoms with Gasteiger partial charge in [-0.25, -0.2) is 0 Å². The quantitative estimate of drug-likeness (QED) is 0.466. The first-order valence-corrected chi connectivity index (χ1v) is 8.85. The molecule has 4 rings (SSSR count). The van der Waals surface area contributed by atoms with Gasteiger partial charge in [-0.1, -0.05) is 48.0 Å². The number of fused-ring (bicyclic) bond motifs is 3. The molecule has 0 saturated heterocycles. The number of aromatic nitrogens is 4. The zero-order chi connectivity index (χ0) is 18.6. The topological polar surface area (TPSA) is 52.3 Å². The molecule has 0 amide bonds. The van der Waals surface area contributed by atoms with Crippen LogP contribution >= 0.6 is 0 Å². The van der Waals surface area contributed by atoms with Gasteiger partial charge in [-0.3, -0.25) is 0 Å². The lowest BCUT2D eigenvalue weighted by molar-refractivity contribution is 0.322. The van der Waals surface area contributed by atoms with E-state index in [2.05, 4.69) is 21.9 Å². The SMILES string of the molecule is C=C(C)CCOc1ccc(/C=C/c2nnc3c4ccccc4cnn23)cc1. The van der Waals surface area contributed by atoms with E-state index in [0.717, 1.165) is 39.7 Å². The molecule has 0 atom stereocenters. The van der Waals surface area contributed by atoms with Crippen molar-refractivity contribution in [3.8, 4) is 5.75 Å². The predicted molar refractivity (Wildman–Crippen MR) is 109 cm³/mol. The molecular weight excluding hydrogens is 336 g/mol. The molecule has 0 unspecified atom stereocenters. The van der Waals surface area contributed by atoms with Crippen molar-refractivity contribution in [2.75, 3.05) is 6.61 Å². The van der Waals surface area contributed by atoms with Gasteiger partial charge in [0, 0.05) is 17.2 Å². The summed E-state index contributed by atoms with van der Waals surface area (Å²) in [4.78, 5) is 0. The molecule has 0 aliphatic heterocycles. The van der Waals surface area contributed by atoms with E-state index in [9.17, 15) is 0 Å². The maximum Gasteiger partial charge on any atom is 0.186 e. The Hall–Kier alpha value is -3.47. The van der Waals surface area contributed by atoms with Gasteiger partial charge in [-0.05, 0) is 30.7 Å². The second kappa shape index (κ2) is 7.41. The summed E-state index contributed by atoms with van der Waals surface area (Å²) in [5.74, 6) is 1.55. The van der Waals surface area contributed by atoms with Gasteiger partial charge >= 0.3 is 0 Å². The van der Waals surface area contributed by atoms with Crippen LogP contribution < -0.4 is 4.74 Å². The zero-order valence-corrected chi connectivity index (χ0v) is 15.2. The summed E-state index contributed by atoms with van der Waals surface area (Å²) in [6.07, 6.45) is 6.60. The fraction of sp³-hybridized carbons (Fsp3) is 0.136. The van der Waals surface area contributed by atoms with Gasteiger partial charge in [0.15, 0.2) is 11.5 Å². The van der Waals surface area contributed by atoms with Gasteiger partial charge in [-0.15, -0.1) is 16.8 Å². The lowest BCUT2D eigenvalue weighted by Crippen LogP contribution is -1.97. The molecule has 0 aliphatic carbocycles. The molecule has 0 saturated carbocycles. The van der Waals surface area contributed by atoms with Gasteiger partial charge in [0.2, 0.25) is 0 Å². The minimum atomic E-state index is 0.649. The van der Waals surface area contributed by atoms with Crippen LogP contribution in [0.3, 0.4) is 0 Å². The number of ether oxygens (including phenoxy) is 1. The summed E-state index contributed by atoms with van der Waals surface area (Å²) in [5.41, 5.74) is 2.94. The van der Waals surface area contributed by atoms with Crippen molar-refractivity contribution in [3.05, 3.63) is 78.3 Å². The standard InChI is InChI=1S/C22H20N4O/c1-16(2)13-14-27-19-10-7-17(8-11-19)9-12-21-24-25-22-20-6-4-3-5-18(20)15-23-26(21)22/h3-12,15H,1,13-14H2,2H3/b12-9+. The van der Waals surface area contributed by atoms with Crippen molar-refractivity contribution >= 4 is 28.6 Å². The first kappa shape index (κ1) is 17.0. The minimum absolute atomic E-state index is 0.649. The van der Waals surface area contributed by atoms with Crippen molar-refractivity contribution in [3.63, 3.8) is 0 Å². The lowest BCUT2D eigenvalue weighted by atomic mass is 10.2. The monoisotopic (exact) mass is 356 g/mol. The number of hydrogen-bond acceptors (Lipinski definition) is 4. The maximum atomic E-state index is 5.70. The van der Waals surface area contributed by atoms with E-state index >= 15 is 0 Å². The third-order valence-electron chi connectivity index (χ3n) is 4.28. The van der Waals surface area contributed by atoms with E-state index in [4.69, 9.17) is 4.74 Å². The summed E-state index contributed by atoms with van der Waals surface area (Å²) in [5, 5.41) is 15.1. The van der Waals surface area contributed by atoms with Crippen LogP contribution in [0.4, 0.5) is 0 Å². The average molecular weight is 356 g/mol. The van der Waals surface area contributed by atoms with Crippen LogP contribution in [-0.4, -0.2) is 26.4 Å². The third-order valence-corrected chi connectivity index (χ3v) is 4.28. The maximum absolute atomic E-state index is 5.70. The number of rotatable bonds is 6. The largest absolute Gasteiger partial charge is 0.493 e. The van der Waals surface area contributed by atoms with Crippen molar-refractivity contribution in [1.29, 1.82) is 0 Å². The fourth-order valence-corrected chi connectivity index (χ4v) is 2.80. The summed E-state index contributed by atoms with van der Waals surface area (Å²) >= 11 is 0. The molecular formula is C22H20N4O. The van der Waals surface area contributed by atoms with Crippen molar-refractivity contribution in [1.82, 2.24) is 19.8 Å². The van der Waals surface area contributed by atoms with Crippen LogP contribution in [-0.2, 0) is 0 Å². The Kier molecular flexibility index (Phi) is 4.66. The molecule has 5 heteroatoms. The first-order valence-electron chi connectivity index (χ1n) is 8.85. The summed E-state index contributed by atoms with van der Waals surface area (Å²) < 4.78 is 7.46. The predicted octanol–water partition coefficient (Wildman–Crippen LogP) is 4.79. The molecule has 0 bridgehead atoms. The van der Waals surface area contributed by atoms with E-state index in [1.807, 2.05) is 73.8 Å². The van der Waals surface area contributed by atoms with Crippen molar-refractivity contribution < 1.29 is 4.74 Å². The van der Waals surface area contributed by atoms with E-state index in [1.54, 1.807) is 4.52 Å². The van der Waals surface area contributed by atoms with Gasteiger partial charge in [-0.2, -0.15) is 9.61 Å². The molecule has 0 spiro atoms. The Bertz CT molecular complexity index is 1130. The Labute approximate surface area is 157 Å². The average Bonchev–Trinajstić information content (AvgIpc) is 3.11. The summed E-state index contributed by atoms with van der Waals surface area (Å²) in [6.45, 7) is 6.53. The molecule has 2 aromatic heterocycles. The minimum Gasteiger partial charge on any atom is -0.493 e. The van der Waals surface area contributed by atoms with Crippen LogP contribution in [0.5, 0.6) is 5.75 Å². The van der Waals surface area contributed by atoms with Crippen molar-refractivity contribution in [2.45, 2.75) is 13.3 Å². The highest BCUT2D eigenvalue weighted by Crippen LogP contribution is 2.19. The molecule has 5 nitrogen and oxygen atoms in total. The van der Waals surface area contributed by atoms with E-state index in [-0.39, 0.29) is 0 Å². The normalized spacial score (nSPS) is 11.4. The smallest absolute Gasteiger partial charge is 0.186 e. The second-order valence-electron chi connectivity index (χ2n) is 6.48. The van der Waals surface area contributed by atoms with Crippen LogP contribution in [0.25, 0.3) is 28.6 Å². The summed E-state index contributed by atoms with van der Waals surface area (Å²) in [7, 11) is 0. The molecule has 134 valence electrons. The molecule has 4 aromatic rings. The van der Waals surface area contributed by atoms with Gasteiger partial charge < -0.3 is 4.74 Å². The Morgan fingerprint density at radius 2 is 1.89 bits per heavy atom. The highest BCUT2D eigenvalue weighted by Gasteiger charge is 2.07. The van der Waals surface area contributed by atoms with Gasteiger partial charge in [0.25, 0.3) is 0 Å². The highest BCUT2D eigenvalue weighted by molar-refractivity contribution is 5.93. The number of nitrogens with zero attached hydrogens (tertiary/aromatic N) is 4. The van der Waals surface area contributed by atoms with E-state index in [0.29, 0.717) is 12.4 Å². The molecule has 0 fully saturated rings. The zero-order valence-electron chi connectivity index (χ0n) is 15.2. The van der Waals surface area contributed by atoms with Crippen LogP contribution in [0.1, 0.15) is 24.7 Å². The van der Waals surface area contributed by atoms with Crippen LogP contribution in [0, 0.1) is 0 Å². The van der Waals surface area contributed by atoms with Gasteiger partial charge in [0.1, 0.15) is 5.75 Å². The second-order valence-corrected chi connectivity index (χ2v) is 6.48.